The zero-order chi connectivity index (χ0) is 13.4. The number of hydrogen-bond donors (Lipinski definition) is 0. The van der Waals surface area contributed by atoms with Gasteiger partial charge < -0.3 is 0 Å². The summed E-state index contributed by atoms with van der Waals surface area (Å²) < 4.78 is 0. The van der Waals surface area contributed by atoms with E-state index in [9.17, 15) is 19.7 Å². The van der Waals surface area contributed by atoms with Gasteiger partial charge in [-0.2, -0.15) is 0 Å². The fourth-order valence-electron chi connectivity index (χ4n) is 2.02. The highest BCUT2D eigenvalue weighted by atomic mass is 16.6. The standard InChI is InChI=1S/C12H12N2O4/c1-3-7(2)13-11(15)8-5-4-6-9(14(17)18)10(8)12(13)16/h4-7H,3H2,1-2H3/t7-/m0/s1. The van der Waals surface area contributed by atoms with E-state index in [0.717, 1.165) is 4.90 Å². The zero-order valence-corrected chi connectivity index (χ0v) is 10.0. The molecule has 94 valence electrons. The highest BCUT2D eigenvalue weighted by Crippen LogP contribution is 2.32. The Kier molecular flexibility index (Phi) is 2.86. The van der Waals surface area contributed by atoms with Gasteiger partial charge in [0.1, 0.15) is 5.56 Å². The minimum atomic E-state index is -0.635. The van der Waals surface area contributed by atoms with Crippen LogP contribution in [0.3, 0.4) is 0 Å². The van der Waals surface area contributed by atoms with Crippen LogP contribution >= 0.6 is 0 Å². The van der Waals surface area contributed by atoms with E-state index in [2.05, 4.69) is 0 Å². The molecule has 0 radical (unpaired) electrons. The molecule has 0 aromatic heterocycles. The van der Waals surface area contributed by atoms with Crippen LogP contribution in [0, 0.1) is 10.1 Å². The van der Waals surface area contributed by atoms with E-state index >= 15 is 0 Å². The van der Waals surface area contributed by atoms with Gasteiger partial charge in [0.05, 0.1) is 10.5 Å². The Morgan fingerprint density at radius 3 is 2.56 bits per heavy atom. The van der Waals surface area contributed by atoms with Gasteiger partial charge >= 0.3 is 0 Å². The van der Waals surface area contributed by atoms with Gasteiger partial charge in [0.15, 0.2) is 0 Å². The summed E-state index contributed by atoms with van der Waals surface area (Å²) in [4.78, 5) is 35.5. The van der Waals surface area contributed by atoms with Crippen molar-refractivity contribution in [2.75, 3.05) is 0 Å². The number of nitrogens with zero attached hydrogens (tertiary/aromatic N) is 2. The lowest BCUT2D eigenvalue weighted by molar-refractivity contribution is -0.385. The van der Waals surface area contributed by atoms with E-state index in [0.29, 0.717) is 6.42 Å². The summed E-state index contributed by atoms with van der Waals surface area (Å²) in [5.74, 6) is -1.02. The van der Waals surface area contributed by atoms with Crippen LogP contribution in [0.15, 0.2) is 18.2 Å². The number of nitro groups is 1. The maximum Gasteiger partial charge on any atom is 0.282 e. The van der Waals surface area contributed by atoms with E-state index in [4.69, 9.17) is 0 Å². The molecule has 2 amide bonds. The monoisotopic (exact) mass is 248 g/mol. The number of hydrogen-bond acceptors (Lipinski definition) is 4. The van der Waals surface area contributed by atoms with E-state index < -0.39 is 16.7 Å². The summed E-state index contributed by atoms with van der Waals surface area (Å²) in [5, 5.41) is 10.9. The topological polar surface area (TPSA) is 80.5 Å². The third-order valence-electron chi connectivity index (χ3n) is 3.15. The lowest BCUT2D eigenvalue weighted by Crippen LogP contribution is -2.37. The molecular weight excluding hydrogens is 236 g/mol. The molecule has 0 bridgehead atoms. The molecule has 0 unspecified atom stereocenters. The number of nitro benzene ring substituents is 1. The number of carbonyl (C=O) groups is 2. The lowest BCUT2D eigenvalue weighted by atomic mass is 10.1. The molecule has 1 aliphatic rings. The Balaban J connectivity index is 2.59. The molecule has 6 nitrogen and oxygen atoms in total. The average Bonchev–Trinajstić information content (AvgIpc) is 2.61. The van der Waals surface area contributed by atoms with Crippen molar-refractivity contribution in [3.63, 3.8) is 0 Å². The Labute approximate surface area is 103 Å². The van der Waals surface area contributed by atoms with Crippen molar-refractivity contribution in [2.45, 2.75) is 26.3 Å². The van der Waals surface area contributed by atoms with Crippen molar-refractivity contribution in [3.05, 3.63) is 39.4 Å². The second kappa shape index (κ2) is 4.21. The van der Waals surface area contributed by atoms with Crippen LogP contribution in [-0.2, 0) is 0 Å². The zero-order valence-electron chi connectivity index (χ0n) is 10.0. The van der Waals surface area contributed by atoms with Gasteiger partial charge in [-0.1, -0.05) is 13.0 Å². The third-order valence-corrected chi connectivity index (χ3v) is 3.15. The molecule has 0 N–H and O–H groups in total. The minimum absolute atomic E-state index is 0.0900. The Hall–Kier alpha value is -2.24. The molecule has 1 aromatic carbocycles. The number of amides is 2. The Bertz CT molecular complexity index is 553. The fourth-order valence-corrected chi connectivity index (χ4v) is 2.02. The van der Waals surface area contributed by atoms with Crippen LogP contribution in [0.4, 0.5) is 5.69 Å². The SMILES string of the molecule is CC[C@H](C)N1C(=O)c2cccc([N+](=O)[O-])c2C1=O. The van der Waals surface area contributed by atoms with E-state index in [-0.39, 0.29) is 22.9 Å². The molecule has 2 rings (SSSR count). The van der Waals surface area contributed by atoms with Gasteiger partial charge in [-0.15, -0.1) is 0 Å². The van der Waals surface area contributed by atoms with Crippen molar-refractivity contribution in [2.24, 2.45) is 0 Å². The van der Waals surface area contributed by atoms with Gasteiger partial charge in [-0.25, -0.2) is 0 Å². The maximum atomic E-state index is 12.1. The van der Waals surface area contributed by atoms with Crippen molar-refractivity contribution < 1.29 is 14.5 Å². The normalized spacial score (nSPS) is 15.8. The minimum Gasteiger partial charge on any atom is -0.271 e. The van der Waals surface area contributed by atoms with E-state index in [1.165, 1.54) is 18.2 Å². The summed E-state index contributed by atoms with van der Waals surface area (Å²) >= 11 is 0. The first-order chi connectivity index (χ1) is 8.49. The molecule has 6 heteroatoms. The van der Waals surface area contributed by atoms with E-state index in [1.54, 1.807) is 6.92 Å². The molecule has 18 heavy (non-hydrogen) atoms. The van der Waals surface area contributed by atoms with E-state index in [1.807, 2.05) is 6.92 Å². The number of benzene rings is 1. The van der Waals surface area contributed by atoms with Crippen LogP contribution in [0.25, 0.3) is 0 Å². The summed E-state index contributed by atoms with van der Waals surface area (Å²) in [5.41, 5.74) is -0.279. The van der Waals surface area contributed by atoms with Gasteiger partial charge in [-0.3, -0.25) is 24.6 Å². The molecule has 0 fully saturated rings. The summed E-state index contributed by atoms with van der Waals surface area (Å²) in [7, 11) is 0. The second-order valence-electron chi connectivity index (χ2n) is 4.19. The fraction of sp³-hybridized carbons (Fsp3) is 0.333. The molecule has 1 aromatic rings. The van der Waals surface area contributed by atoms with Crippen LogP contribution in [0.1, 0.15) is 41.0 Å². The van der Waals surface area contributed by atoms with Gasteiger partial charge in [0.25, 0.3) is 17.5 Å². The lowest BCUT2D eigenvalue weighted by Gasteiger charge is -2.20. The number of imide groups is 1. The Morgan fingerprint density at radius 2 is 2.00 bits per heavy atom. The smallest absolute Gasteiger partial charge is 0.271 e. The van der Waals surface area contributed by atoms with Crippen molar-refractivity contribution in [1.29, 1.82) is 0 Å². The highest BCUT2D eigenvalue weighted by Gasteiger charge is 2.42. The molecule has 0 saturated carbocycles. The first kappa shape index (κ1) is 12.2. The third kappa shape index (κ3) is 1.57. The molecular formula is C12H12N2O4. The largest absolute Gasteiger partial charge is 0.282 e. The second-order valence-corrected chi connectivity index (χ2v) is 4.19. The highest BCUT2D eigenvalue weighted by molar-refractivity contribution is 6.23. The summed E-state index contributed by atoms with van der Waals surface area (Å²) in [6.07, 6.45) is 0.610. The molecule has 0 saturated heterocycles. The van der Waals surface area contributed by atoms with Crippen LogP contribution in [-0.4, -0.2) is 27.7 Å². The van der Waals surface area contributed by atoms with Crippen LogP contribution in [0.2, 0.25) is 0 Å². The number of carbonyl (C=O) groups excluding carboxylic acids is 2. The van der Waals surface area contributed by atoms with Crippen molar-refractivity contribution >= 4 is 17.5 Å². The average molecular weight is 248 g/mol. The predicted molar refractivity (Wildman–Crippen MR) is 63.3 cm³/mol. The molecule has 0 spiro atoms. The quantitative estimate of drug-likeness (QED) is 0.465. The number of fused-ring (bicyclic) bond motifs is 1. The van der Waals surface area contributed by atoms with Crippen LogP contribution in [0.5, 0.6) is 0 Å². The van der Waals surface area contributed by atoms with Crippen molar-refractivity contribution in [3.8, 4) is 0 Å². The van der Waals surface area contributed by atoms with Gasteiger partial charge in [0.2, 0.25) is 0 Å². The molecule has 1 heterocycles. The first-order valence-corrected chi connectivity index (χ1v) is 5.64. The predicted octanol–water partition coefficient (Wildman–Crippen LogP) is 1.99. The van der Waals surface area contributed by atoms with Gasteiger partial charge in [-0.05, 0) is 19.4 Å². The number of rotatable bonds is 3. The molecule has 1 aliphatic heterocycles. The summed E-state index contributed by atoms with van der Waals surface area (Å²) in [6.45, 7) is 3.59. The van der Waals surface area contributed by atoms with Crippen molar-refractivity contribution in [1.82, 2.24) is 4.90 Å². The maximum absolute atomic E-state index is 12.1. The van der Waals surface area contributed by atoms with Crippen LogP contribution < -0.4 is 0 Å². The summed E-state index contributed by atoms with van der Waals surface area (Å²) in [6, 6.07) is 3.84. The Morgan fingerprint density at radius 1 is 1.33 bits per heavy atom. The molecule has 1 atom stereocenters. The van der Waals surface area contributed by atoms with Gasteiger partial charge in [0, 0.05) is 12.1 Å². The molecule has 0 aliphatic carbocycles. The first-order valence-electron chi connectivity index (χ1n) is 5.64.